The van der Waals surface area contributed by atoms with Crippen molar-refractivity contribution < 1.29 is 18.3 Å². The lowest BCUT2D eigenvalue weighted by Gasteiger charge is -2.21. The molecule has 0 spiro atoms. The summed E-state index contributed by atoms with van der Waals surface area (Å²) in [6.45, 7) is 1.63. The number of sulfonamides is 1. The highest BCUT2D eigenvalue weighted by Crippen LogP contribution is 2.12. The van der Waals surface area contributed by atoms with Crippen LogP contribution in [0.3, 0.4) is 0 Å². The summed E-state index contributed by atoms with van der Waals surface area (Å²) in [5, 5.41) is 9.98. The Morgan fingerprint density at radius 2 is 1.95 bits per heavy atom. The van der Waals surface area contributed by atoms with E-state index in [1.165, 1.54) is 13.1 Å². The second-order valence-corrected chi connectivity index (χ2v) is 5.91. The molecule has 0 aliphatic carbocycles. The fourth-order valence-electron chi connectivity index (χ4n) is 1.59. The minimum atomic E-state index is -3.74. The average Bonchev–Trinajstić information content (AvgIpc) is 2.38. The molecule has 0 aromatic heterocycles. The maximum absolute atomic E-state index is 12.0. The molecule has 1 rings (SSSR count). The van der Waals surface area contributed by atoms with Gasteiger partial charge in [0.15, 0.2) is 0 Å². The minimum absolute atomic E-state index is 0.213. The molecule has 1 aromatic carbocycles. The van der Waals surface area contributed by atoms with Crippen molar-refractivity contribution in [2.75, 3.05) is 7.05 Å². The Morgan fingerprint density at radius 1 is 1.37 bits per heavy atom. The van der Waals surface area contributed by atoms with Crippen molar-refractivity contribution in [1.29, 1.82) is 0 Å². The fourth-order valence-corrected chi connectivity index (χ4v) is 2.70. The van der Waals surface area contributed by atoms with E-state index in [1.54, 1.807) is 31.2 Å². The summed E-state index contributed by atoms with van der Waals surface area (Å²) in [4.78, 5) is 11.0. The molecule has 19 heavy (non-hydrogen) atoms. The van der Waals surface area contributed by atoms with Crippen molar-refractivity contribution in [2.24, 2.45) is 0 Å². The number of hydrogen-bond donors (Lipinski definition) is 1. The van der Waals surface area contributed by atoms with E-state index in [0.717, 1.165) is 15.3 Å². The van der Waals surface area contributed by atoms with Gasteiger partial charge in [-0.2, -0.15) is 4.31 Å². The first kappa shape index (κ1) is 15.4. The quantitative estimate of drug-likeness (QED) is 0.863. The minimum Gasteiger partial charge on any atom is -0.480 e. The largest absolute Gasteiger partial charge is 0.480 e. The second kappa shape index (κ2) is 6.49. The zero-order valence-electron chi connectivity index (χ0n) is 10.9. The average molecular weight is 283 g/mol. The predicted octanol–water partition coefficient (Wildman–Crippen LogP) is 1.78. The van der Waals surface area contributed by atoms with Gasteiger partial charge in [-0.3, -0.25) is 4.79 Å². The zero-order valence-corrected chi connectivity index (χ0v) is 11.7. The summed E-state index contributed by atoms with van der Waals surface area (Å²) in [7, 11) is -2.47. The molecule has 0 saturated carbocycles. The van der Waals surface area contributed by atoms with Crippen LogP contribution >= 0.6 is 0 Å². The monoisotopic (exact) mass is 283 g/mol. The Labute approximate surface area is 113 Å². The number of aliphatic carboxylic acids is 1. The topological polar surface area (TPSA) is 74.7 Å². The molecule has 0 bridgehead atoms. The Hall–Kier alpha value is -1.66. The van der Waals surface area contributed by atoms with Gasteiger partial charge >= 0.3 is 5.97 Å². The van der Waals surface area contributed by atoms with Crippen molar-refractivity contribution >= 4 is 22.1 Å². The Balaban J connectivity index is 2.92. The highest BCUT2D eigenvalue weighted by molar-refractivity contribution is 7.92. The van der Waals surface area contributed by atoms with Crippen molar-refractivity contribution in [2.45, 2.75) is 19.4 Å². The number of carbonyl (C=O) groups is 1. The summed E-state index contributed by atoms with van der Waals surface area (Å²) in [6.07, 6.45) is 1.66. The molecule has 1 unspecified atom stereocenters. The molecule has 5 nitrogen and oxygen atoms in total. The molecule has 0 fully saturated rings. The van der Waals surface area contributed by atoms with Gasteiger partial charge in [0.1, 0.15) is 6.04 Å². The molecule has 104 valence electrons. The Kier molecular flexibility index (Phi) is 5.26. The third-order valence-corrected chi connectivity index (χ3v) is 4.28. The van der Waals surface area contributed by atoms with Crippen LogP contribution in [0.1, 0.15) is 18.9 Å². The lowest BCUT2D eigenvalue weighted by molar-refractivity contribution is -0.141. The Morgan fingerprint density at radius 3 is 2.42 bits per heavy atom. The van der Waals surface area contributed by atoms with E-state index < -0.39 is 22.0 Å². The van der Waals surface area contributed by atoms with Crippen LogP contribution in [0.4, 0.5) is 0 Å². The summed E-state index contributed by atoms with van der Waals surface area (Å²) in [5.74, 6) is -1.15. The van der Waals surface area contributed by atoms with Crippen molar-refractivity contribution in [3.05, 3.63) is 41.3 Å². The number of carboxylic acid groups (broad SMARTS) is 1. The molecule has 0 aliphatic rings. The smallest absolute Gasteiger partial charge is 0.321 e. The molecule has 0 amide bonds. The first-order valence-corrected chi connectivity index (χ1v) is 7.32. The first-order chi connectivity index (χ1) is 8.88. The van der Waals surface area contributed by atoms with Gasteiger partial charge in [-0.1, -0.05) is 37.3 Å². The van der Waals surface area contributed by atoms with Gasteiger partial charge in [-0.05, 0) is 18.1 Å². The highest BCUT2D eigenvalue weighted by Gasteiger charge is 2.28. The Bertz CT molecular complexity index is 551. The maximum atomic E-state index is 12.0. The van der Waals surface area contributed by atoms with E-state index in [1.807, 2.05) is 6.07 Å². The maximum Gasteiger partial charge on any atom is 0.321 e. The van der Waals surface area contributed by atoms with Crippen LogP contribution in [0, 0.1) is 0 Å². The number of benzene rings is 1. The number of nitrogens with zero attached hydrogens (tertiary/aromatic N) is 1. The van der Waals surface area contributed by atoms with Gasteiger partial charge < -0.3 is 5.11 Å². The molecular formula is C13H17NO4S. The standard InChI is InChI=1S/C13H17NO4S/c1-3-12(13(15)16)14(2)19(17,18)10-9-11-7-5-4-6-8-11/h4-10,12H,3H2,1-2H3,(H,15,16). The summed E-state index contributed by atoms with van der Waals surface area (Å²) < 4.78 is 24.8. The van der Waals surface area contributed by atoms with Gasteiger partial charge in [0.05, 0.1) is 0 Å². The summed E-state index contributed by atoms with van der Waals surface area (Å²) >= 11 is 0. The van der Waals surface area contributed by atoms with Gasteiger partial charge in [0.2, 0.25) is 10.0 Å². The predicted molar refractivity (Wildman–Crippen MR) is 73.9 cm³/mol. The zero-order chi connectivity index (χ0) is 14.5. The highest BCUT2D eigenvalue weighted by atomic mass is 32.2. The number of likely N-dealkylation sites (N-methyl/N-ethyl adjacent to an activating group) is 1. The molecule has 0 saturated heterocycles. The van der Waals surface area contributed by atoms with E-state index in [0.29, 0.717) is 0 Å². The van der Waals surface area contributed by atoms with E-state index >= 15 is 0 Å². The number of carboxylic acids is 1. The van der Waals surface area contributed by atoms with E-state index in [9.17, 15) is 13.2 Å². The van der Waals surface area contributed by atoms with Crippen LogP contribution in [-0.2, 0) is 14.8 Å². The molecule has 0 radical (unpaired) electrons. The molecule has 6 heteroatoms. The number of rotatable bonds is 6. The van der Waals surface area contributed by atoms with Crippen LogP contribution < -0.4 is 0 Å². The lowest BCUT2D eigenvalue weighted by Crippen LogP contribution is -2.40. The molecule has 1 aromatic rings. The molecule has 0 aliphatic heterocycles. The van der Waals surface area contributed by atoms with Crippen LogP contribution in [0.2, 0.25) is 0 Å². The van der Waals surface area contributed by atoms with Crippen LogP contribution in [-0.4, -0.2) is 36.9 Å². The van der Waals surface area contributed by atoms with Crippen LogP contribution in [0.25, 0.3) is 6.08 Å². The fraction of sp³-hybridized carbons (Fsp3) is 0.308. The third kappa shape index (κ3) is 4.18. The first-order valence-electron chi connectivity index (χ1n) is 5.82. The van der Waals surface area contributed by atoms with Crippen molar-refractivity contribution in [1.82, 2.24) is 4.31 Å². The summed E-state index contributed by atoms with van der Waals surface area (Å²) in [5.41, 5.74) is 0.739. The van der Waals surface area contributed by atoms with E-state index in [4.69, 9.17) is 5.11 Å². The van der Waals surface area contributed by atoms with Gasteiger partial charge in [-0.25, -0.2) is 8.42 Å². The van der Waals surface area contributed by atoms with E-state index in [-0.39, 0.29) is 6.42 Å². The van der Waals surface area contributed by atoms with Crippen molar-refractivity contribution in [3.8, 4) is 0 Å². The van der Waals surface area contributed by atoms with Crippen molar-refractivity contribution in [3.63, 3.8) is 0 Å². The molecule has 0 heterocycles. The van der Waals surface area contributed by atoms with Crippen LogP contribution in [0.15, 0.2) is 35.7 Å². The normalized spacial score (nSPS) is 13.8. The third-order valence-electron chi connectivity index (χ3n) is 2.74. The molecular weight excluding hydrogens is 266 g/mol. The van der Waals surface area contributed by atoms with Gasteiger partial charge in [0.25, 0.3) is 0 Å². The number of hydrogen-bond acceptors (Lipinski definition) is 3. The molecule has 1 N–H and O–H groups in total. The molecule has 1 atom stereocenters. The lowest BCUT2D eigenvalue weighted by atomic mass is 10.2. The second-order valence-electron chi connectivity index (χ2n) is 4.04. The SMILES string of the molecule is CCC(C(=O)O)N(C)S(=O)(=O)C=Cc1ccccc1. The van der Waals surface area contributed by atoms with Gasteiger partial charge in [0, 0.05) is 12.5 Å². The van der Waals surface area contributed by atoms with E-state index in [2.05, 4.69) is 0 Å². The van der Waals surface area contributed by atoms with Gasteiger partial charge in [-0.15, -0.1) is 0 Å². The van der Waals surface area contributed by atoms with Crippen LogP contribution in [0.5, 0.6) is 0 Å². The summed E-state index contributed by atoms with van der Waals surface area (Å²) in [6, 6.07) is 7.89.